The summed E-state index contributed by atoms with van der Waals surface area (Å²) in [5.74, 6) is -0.600. The highest BCUT2D eigenvalue weighted by Crippen LogP contribution is 2.25. The van der Waals surface area contributed by atoms with Gasteiger partial charge in [0.1, 0.15) is 5.75 Å². The Morgan fingerprint density at radius 3 is 1.97 bits per heavy atom. The minimum absolute atomic E-state index is 0.0783. The molecule has 0 radical (unpaired) electrons. The number of phenolic OH excluding ortho intramolecular Hbond substituents is 3. The van der Waals surface area contributed by atoms with E-state index in [0.717, 1.165) is 22.3 Å². The number of carbonyl (C=O) groups is 2. The van der Waals surface area contributed by atoms with Crippen LogP contribution in [0.3, 0.4) is 0 Å². The van der Waals surface area contributed by atoms with Gasteiger partial charge in [0, 0.05) is 18.5 Å². The van der Waals surface area contributed by atoms with Gasteiger partial charge in [-0.2, -0.15) is 0 Å². The average molecular weight is 466 g/mol. The van der Waals surface area contributed by atoms with Gasteiger partial charge in [0.05, 0.1) is 19.6 Å². The van der Waals surface area contributed by atoms with Gasteiger partial charge in [-0.3, -0.25) is 10.1 Å². The average Bonchev–Trinajstić information content (AvgIpc) is 2.80. The molecule has 178 valence electrons. The van der Waals surface area contributed by atoms with Crippen LogP contribution in [0.25, 0.3) is 0 Å². The van der Waals surface area contributed by atoms with Crippen LogP contribution in [0.4, 0.5) is 10.5 Å². The maximum atomic E-state index is 12.0. The topological polar surface area (TPSA) is 125 Å². The normalized spacial score (nSPS) is 10.5. The van der Waals surface area contributed by atoms with Gasteiger partial charge in [-0.1, -0.05) is 30.3 Å². The smallest absolute Gasteiger partial charge is 0.411 e. The van der Waals surface area contributed by atoms with Crippen molar-refractivity contribution in [3.63, 3.8) is 0 Å². The Kier molecular flexibility index (Phi) is 8.34. The van der Waals surface area contributed by atoms with Crippen molar-refractivity contribution in [1.82, 2.24) is 0 Å². The minimum atomic E-state index is -0.594. The number of nitrogens with one attached hydrogen (secondary N) is 1. The fourth-order valence-corrected chi connectivity index (χ4v) is 3.16. The highest BCUT2D eigenvalue weighted by Gasteiger charge is 2.08. The number of phenols is 3. The summed E-state index contributed by atoms with van der Waals surface area (Å²) in [6.07, 6.45) is 0.379. The summed E-state index contributed by atoms with van der Waals surface area (Å²) in [5.41, 5.74) is 3.65. The van der Waals surface area contributed by atoms with E-state index in [-0.39, 0.29) is 36.9 Å². The first-order valence-corrected chi connectivity index (χ1v) is 10.8. The Morgan fingerprint density at radius 1 is 0.735 bits per heavy atom. The van der Waals surface area contributed by atoms with Gasteiger partial charge in [-0.25, -0.2) is 4.79 Å². The van der Waals surface area contributed by atoms with Crippen LogP contribution in [-0.4, -0.2) is 40.6 Å². The molecule has 34 heavy (non-hydrogen) atoms. The molecule has 8 nitrogen and oxygen atoms in total. The van der Waals surface area contributed by atoms with Crippen LogP contribution in [0.15, 0.2) is 60.7 Å². The Hall–Kier alpha value is -4.20. The zero-order valence-electron chi connectivity index (χ0n) is 18.8. The lowest BCUT2D eigenvalue weighted by Crippen LogP contribution is -2.15. The number of amides is 1. The molecule has 0 aliphatic rings. The third-order valence-corrected chi connectivity index (χ3v) is 5.14. The Balaban J connectivity index is 1.37. The van der Waals surface area contributed by atoms with Gasteiger partial charge in [0.25, 0.3) is 0 Å². The SMILES string of the molecule is Cc1ccc(CCOC(=O)Nc2ccc(CC(=O)OCCc3ccc(O)c(O)c3)cc2)cc1O. The van der Waals surface area contributed by atoms with Crippen molar-refractivity contribution in [3.8, 4) is 17.2 Å². The third-order valence-electron chi connectivity index (χ3n) is 5.14. The predicted octanol–water partition coefficient (Wildman–Crippen LogP) is 4.23. The molecule has 0 aliphatic carbocycles. The van der Waals surface area contributed by atoms with E-state index in [0.29, 0.717) is 18.5 Å². The molecule has 3 rings (SSSR count). The molecule has 0 spiro atoms. The molecule has 0 fully saturated rings. The molecule has 0 unspecified atom stereocenters. The van der Waals surface area contributed by atoms with Gasteiger partial charge in [-0.15, -0.1) is 0 Å². The molecule has 3 aromatic carbocycles. The Bertz CT molecular complexity index is 1050. The molecular formula is C26H27NO7. The second-order valence-corrected chi connectivity index (χ2v) is 7.80. The van der Waals surface area contributed by atoms with E-state index in [1.54, 1.807) is 36.4 Å². The van der Waals surface area contributed by atoms with Gasteiger partial charge < -0.3 is 24.8 Å². The van der Waals surface area contributed by atoms with Gasteiger partial charge in [0.2, 0.25) is 0 Å². The molecule has 0 saturated carbocycles. The van der Waals surface area contributed by atoms with E-state index in [2.05, 4.69) is 5.32 Å². The molecule has 1 amide bonds. The Morgan fingerprint density at radius 2 is 1.32 bits per heavy atom. The number of esters is 1. The van der Waals surface area contributed by atoms with Crippen LogP contribution in [0.2, 0.25) is 0 Å². The minimum Gasteiger partial charge on any atom is -0.508 e. The highest BCUT2D eigenvalue weighted by atomic mass is 16.5. The quantitative estimate of drug-likeness (QED) is 0.275. The number of hydrogen-bond donors (Lipinski definition) is 4. The second-order valence-electron chi connectivity index (χ2n) is 7.80. The van der Waals surface area contributed by atoms with Crippen molar-refractivity contribution < 1.29 is 34.4 Å². The van der Waals surface area contributed by atoms with E-state index in [1.807, 2.05) is 19.1 Å². The summed E-state index contributed by atoms with van der Waals surface area (Å²) in [4.78, 5) is 24.0. The number of carbonyl (C=O) groups excluding carboxylic acids is 2. The third kappa shape index (κ3) is 7.44. The van der Waals surface area contributed by atoms with Crippen molar-refractivity contribution >= 4 is 17.7 Å². The number of hydrogen-bond acceptors (Lipinski definition) is 7. The van der Waals surface area contributed by atoms with E-state index < -0.39 is 12.1 Å². The first-order chi connectivity index (χ1) is 16.3. The number of aromatic hydroxyl groups is 3. The fourth-order valence-electron chi connectivity index (χ4n) is 3.16. The largest absolute Gasteiger partial charge is 0.508 e. The van der Waals surface area contributed by atoms with Crippen LogP contribution in [0.1, 0.15) is 22.3 Å². The lowest BCUT2D eigenvalue weighted by molar-refractivity contribution is -0.142. The molecule has 8 heteroatoms. The summed E-state index contributed by atoms with van der Waals surface area (Å²) in [6, 6.07) is 16.5. The maximum Gasteiger partial charge on any atom is 0.411 e. The zero-order chi connectivity index (χ0) is 24.5. The van der Waals surface area contributed by atoms with E-state index in [4.69, 9.17) is 9.47 Å². The molecule has 0 bridgehead atoms. The molecular weight excluding hydrogens is 438 g/mol. The molecule has 0 aliphatic heterocycles. The number of benzene rings is 3. The molecule has 3 aromatic rings. The first kappa shape index (κ1) is 24.4. The highest BCUT2D eigenvalue weighted by molar-refractivity contribution is 5.84. The van der Waals surface area contributed by atoms with Crippen molar-refractivity contribution in [3.05, 3.63) is 82.9 Å². The van der Waals surface area contributed by atoms with Gasteiger partial charge >= 0.3 is 12.1 Å². The molecule has 0 atom stereocenters. The van der Waals surface area contributed by atoms with E-state index in [9.17, 15) is 24.9 Å². The van der Waals surface area contributed by atoms with Crippen LogP contribution < -0.4 is 5.32 Å². The number of ether oxygens (including phenoxy) is 2. The van der Waals surface area contributed by atoms with Crippen molar-refractivity contribution in [2.24, 2.45) is 0 Å². The van der Waals surface area contributed by atoms with Gasteiger partial charge in [-0.05, 0) is 59.5 Å². The van der Waals surface area contributed by atoms with E-state index >= 15 is 0 Å². The molecule has 4 N–H and O–H groups in total. The lowest BCUT2D eigenvalue weighted by atomic mass is 10.1. The molecule has 0 heterocycles. The summed E-state index contributed by atoms with van der Waals surface area (Å²) < 4.78 is 10.4. The number of rotatable bonds is 9. The van der Waals surface area contributed by atoms with Crippen molar-refractivity contribution in [1.29, 1.82) is 0 Å². The predicted molar refractivity (Wildman–Crippen MR) is 126 cm³/mol. The summed E-state index contributed by atoms with van der Waals surface area (Å²) in [5, 5.41) is 31.1. The second kappa shape index (κ2) is 11.6. The molecule has 0 aromatic heterocycles. The summed E-state index contributed by atoms with van der Waals surface area (Å²) in [7, 11) is 0. The lowest BCUT2D eigenvalue weighted by Gasteiger charge is -2.09. The number of aryl methyl sites for hydroxylation is 1. The first-order valence-electron chi connectivity index (χ1n) is 10.8. The zero-order valence-corrected chi connectivity index (χ0v) is 18.8. The van der Waals surface area contributed by atoms with Crippen LogP contribution in [0.5, 0.6) is 17.2 Å². The molecule has 0 saturated heterocycles. The monoisotopic (exact) mass is 465 g/mol. The van der Waals surface area contributed by atoms with Crippen molar-refractivity contribution in [2.45, 2.75) is 26.2 Å². The van der Waals surface area contributed by atoms with E-state index in [1.165, 1.54) is 12.1 Å². The summed E-state index contributed by atoms with van der Waals surface area (Å²) in [6.45, 7) is 2.13. The van der Waals surface area contributed by atoms with Crippen LogP contribution in [-0.2, 0) is 33.5 Å². The maximum absolute atomic E-state index is 12.0. The number of anilines is 1. The van der Waals surface area contributed by atoms with Crippen molar-refractivity contribution in [2.75, 3.05) is 18.5 Å². The van der Waals surface area contributed by atoms with Crippen LogP contribution in [0, 0.1) is 6.92 Å². The fraction of sp³-hybridized carbons (Fsp3) is 0.231. The van der Waals surface area contributed by atoms with Gasteiger partial charge in [0.15, 0.2) is 11.5 Å². The Labute approximate surface area is 197 Å². The standard InChI is InChI=1S/C26H27NO7/c1-17-2-3-19(14-23(17)29)11-13-34-26(32)27-21-7-4-18(5-8-21)16-25(31)33-12-10-20-6-9-22(28)24(30)15-20/h2-9,14-15,28-30H,10-13,16H2,1H3,(H,27,32). The van der Waals surface area contributed by atoms with Crippen LogP contribution >= 0.6 is 0 Å². The summed E-state index contributed by atoms with van der Waals surface area (Å²) >= 11 is 0.